The fraction of sp³-hybridized carbons (Fsp3) is 0.125. The van der Waals surface area contributed by atoms with Gasteiger partial charge in [-0.15, -0.1) is 0 Å². The maximum atomic E-state index is 9.54. The SMILES string of the molecule is COc1ccc(-c2ccc3c(c2Cl)C=CC(O)N3)cc1. The minimum Gasteiger partial charge on any atom is -0.497 e. The van der Waals surface area contributed by atoms with Gasteiger partial charge in [0.2, 0.25) is 0 Å². The van der Waals surface area contributed by atoms with Crippen molar-refractivity contribution >= 4 is 23.4 Å². The van der Waals surface area contributed by atoms with Gasteiger partial charge in [0.25, 0.3) is 0 Å². The summed E-state index contributed by atoms with van der Waals surface area (Å²) in [7, 11) is 1.64. The van der Waals surface area contributed by atoms with E-state index in [1.165, 1.54) is 0 Å². The van der Waals surface area contributed by atoms with Crippen molar-refractivity contribution in [3.63, 3.8) is 0 Å². The molecule has 0 aromatic heterocycles. The van der Waals surface area contributed by atoms with Crippen LogP contribution in [-0.4, -0.2) is 18.4 Å². The summed E-state index contributed by atoms with van der Waals surface area (Å²) in [5.74, 6) is 0.813. The third-order valence-electron chi connectivity index (χ3n) is 3.33. The lowest BCUT2D eigenvalue weighted by atomic mass is 9.99. The number of hydrogen-bond acceptors (Lipinski definition) is 3. The maximum Gasteiger partial charge on any atom is 0.144 e. The number of halogens is 1. The number of nitrogens with one attached hydrogen (secondary N) is 1. The number of methoxy groups -OCH3 is 1. The number of anilines is 1. The van der Waals surface area contributed by atoms with Gasteiger partial charge in [0, 0.05) is 16.8 Å². The minimum atomic E-state index is -0.662. The summed E-state index contributed by atoms with van der Waals surface area (Å²) in [5, 5.41) is 13.2. The molecule has 1 atom stereocenters. The van der Waals surface area contributed by atoms with Gasteiger partial charge in [-0.2, -0.15) is 0 Å². The van der Waals surface area contributed by atoms with E-state index in [1.54, 1.807) is 13.2 Å². The van der Waals surface area contributed by atoms with E-state index in [4.69, 9.17) is 16.3 Å². The molecule has 4 heteroatoms. The highest BCUT2D eigenvalue weighted by molar-refractivity contribution is 6.35. The van der Waals surface area contributed by atoms with Crippen molar-refractivity contribution < 1.29 is 9.84 Å². The highest BCUT2D eigenvalue weighted by Crippen LogP contribution is 2.37. The maximum absolute atomic E-state index is 9.54. The van der Waals surface area contributed by atoms with Crippen molar-refractivity contribution in [2.24, 2.45) is 0 Å². The molecule has 1 unspecified atom stereocenters. The molecule has 1 aliphatic rings. The van der Waals surface area contributed by atoms with Crippen LogP contribution in [0.1, 0.15) is 5.56 Å². The highest BCUT2D eigenvalue weighted by atomic mass is 35.5. The van der Waals surface area contributed by atoms with E-state index in [-0.39, 0.29) is 0 Å². The fourth-order valence-electron chi connectivity index (χ4n) is 2.27. The number of fused-ring (bicyclic) bond motifs is 1. The lowest BCUT2D eigenvalue weighted by Crippen LogP contribution is -2.18. The van der Waals surface area contributed by atoms with Crippen LogP contribution in [0.2, 0.25) is 5.02 Å². The van der Waals surface area contributed by atoms with Gasteiger partial charge in [-0.1, -0.05) is 35.9 Å². The van der Waals surface area contributed by atoms with Gasteiger partial charge in [-0.3, -0.25) is 0 Å². The van der Waals surface area contributed by atoms with Gasteiger partial charge in [0.1, 0.15) is 12.0 Å². The second-order valence-corrected chi connectivity index (χ2v) is 4.94. The molecule has 102 valence electrons. The molecule has 0 bridgehead atoms. The van der Waals surface area contributed by atoms with Crippen LogP contribution in [0.4, 0.5) is 5.69 Å². The van der Waals surface area contributed by atoms with Crippen LogP contribution in [0.15, 0.2) is 42.5 Å². The number of hydrogen-bond donors (Lipinski definition) is 2. The van der Waals surface area contributed by atoms with Crippen molar-refractivity contribution in [2.75, 3.05) is 12.4 Å². The first-order chi connectivity index (χ1) is 9.69. The molecule has 0 radical (unpaired) electrons. The Morgan fingerprint density at radius 3 is 2.60 bits per heavy atom. The third-order valence-corrected chi connectivity index (χ3v) is 3.74. The van der Waals surface area contributed by atoms with Crippen molar-refractivity contribution in [1.29, 1.82) is 0 Å². The largest absolute Gasteiger partial charge is 0.497 e. The Bertz CT molecular complexity index is 665. The molecule has 0 saturated carbocycles. The smallest absolute Gasteiger partial charge is 0.144 e. The Kier molecular flexibility index (Phi) is 3.38. The Morgan fingerprint density at radius 2 is 1.90 bits per heavy atom. The summed E-state index contributed by atoms with van der Waals surface area (Å²) >= 11 is 6.48. The lowest BCUT2D eigenvalue weighted by Gasteiger charge is -2.20. The third kappa shape index (κ3) is 2.26. The number of benzene rings is 2. The van der Waals surface area contributed by atoms with Crippen LogP contribution in [-0.2, 0) is 0 Å². The Morgan fingerprint density at radius 1 is 1.15 bits per heavy atom. The number of aliphatic hydroxyl groups is 1. The van der Waals surface area contributed by atoms with Gasteiger partial charge in [0.15, 0.2) is 0 Å². The van der Waals surface area contributed by atoms with Crippen LogP contribution in [0.5, 0.6) is 5.75 Å². The second kappa shape index (κ2) is 5.19. The molecule has 2 aromatic rings. The highest BCUT2D eigenvalue weighted by Gasteiger charge is 2.15. The van der Waals surface area contributed by atoms with E-state index in [9.17, 15) is 5.11 Å². The van der Waals surface area contributed by atoms with Gasteiger partial charge in [-0.05, 0) is 29.8 Å². The molecule has 1 heterocycles. The van der Waals surface area contributed by atoms with Gasteiger partial charge >= 0.3 is 0 Å². The zero-order valence-corrected chi connectivity index (χ0v) is 11.7. The predicted molar refractivity (Wildman–Crippen MR) is 82.1 cm³/mol. The summed E-state index contributed by atoms with van der Waals surface area (Å²) < 4.78 is 5.16. The summed E-state index contributed by atoms with van der Waals surface area (Å²) in [4.78, 5) is 0. The Hall–Kier alpha value is -1.97. The number of rotatable bonds is 2. The van der Waals surface area contributed by atoms with E-state index in [0.717, 1.165) is 28.1 Å². The Labute approximate surface area is 122 Å². The summed E-state index contributed by atoms with van der Waals surface area (Å²) in [6.45, 7) is 0. The quantitative estimate of drug-likeness (QED) is 0.883. The molecular weight excluding hydrogens is 274 g/mol. The van der Waals surface area contributed by atoms with Crippen molar-refractivity contribution in [3.8, 4) is 16.9 Å². The van der Waals surface area contributed by atoms with Crippen LogP contribution in [0.3, 0.4) is 0 Å². The van der Waals surface area contributed by atoms with Gasteiger partial charge in [0.05, 0.1) is 12.1 Å². The number of aliphatic hydroxyl groups excluding tert-OH is 1. The molecule has 2 aromatic carbocycles. The zero-order valence-electron chi connectivity index (χ0n) is 10.9. The van der Waals surface area contributed by atoms with Crippen molar-refractivity contribution in [1.82, 2.24) is 0 Å². The first kappa shape index (κ1) is 13.0. The van der Waals surface area contributed by atoms with E-state index in [0.29, 0.717) is 5.02 Å². The normalized spacial score (nSPS) is 16.4. The van der Waals surface area contributed by atoms with Crippen LogP contribution in [0, 0.1) is 0 Å². The number of ether oxygens (including phenoxy) is 1. The molecular formula is C16H14ClNO2. The predicted octanol–water partition coefficient (Wildman–Crippen LogP) is 3.77. The monoisotopic (exact) mass is 287 g/mol. The molecule has 0 fully saturated rings. The fourth-order valence-corrected chi connectivity index (χ4v) is 2.61. The van der Waals surface area contributed by atoms with E-state index in [1.807, 2.05) is 42.5 Å². The van der Waals surface area contributed by atoms with Crippen LogP contribution >= 0.6 is 11.6 Å². The molecule has 0 aliphatic carbocycles. The summed E-state index contributed by atoms with van der Waals surface area (Å²) in [6, 6.07) is 11.6. The van der Waals surface area contributed by atoms with Gasteiger partial charge in [-0.25, -0.2) is 0 Å². The lowest BCUT2D eigenvalue weighted by molar-refractivity contribution is 0.252. The molecule has 20 heavy (non-hydrogen) atoms. The van der Waals surface area contributed by atoms with Crippen molar-refractivity contribution in [3.05, 3.63) is 53.1 Å². The topological polar surface area (TPSA) is 41.5 Å². The van der Waals surface area contributed by atoms with Gasteiger partial charge < -0.3 is 15.2 Å². The second-order valence-electron chi connectivity index (χ2n) is 4.57. The summed E-state index contributed by atoms with van der Waals surface area (Å²) in [5.41, 5.74) is 3.71. The first-order valence-corrected chi connectivity index (χ1v) is 6.66. The van der Waals surface area contributed by atoms with Crippen LogP contribution < -0.4 is 10.1 Å². The Balaban J connectivity index is 2.05. The van der Waals surface area contributed by atoms with E-state index >= 15 is 0 Å². The molecule has 2 N–H and O–H groups in total. The molecule has 0 saturated heterocycles. The minimum absolute atomic E-state index is 0.662. The zero-order chi connectivity index (χ0) is 14.1. The average Bonchev–Trinajstić information content (AvgIpc) is 2.48. The molecule has 3 rings (SSSR count). The van der Waals surface area contributed by atoms with Crippen LogP contribution in [0.25, 0.3) is 17.2 Å². The standard InChI is InChI=1S/C16H14ClNO2/c1-20-11-4-2-10(3-5-11)12-6-8-14-13(16(12)17)7-9-15(19)18-14/h2-9,15,18-19H,1H3. The molecule has 0 amide bonds. The van der Waals surface area contributed by atoms with E-state index < -0.39 is 6.23 Å². The molecule has 3 nitrogen and oxygen atoms in total. The van der Waals surface area contributed by atoms with E-state index in [2.05, 4.69) is 5.32 Å². The first-order valence-electron chi connectivity index (χ1n) is 6.29. The molecule has 0 spiro atoms. The molecule has 1 aliphatic heterocycles. The average molecular weight is 288 g/mol. The summed E-state index contributed by atoms with van der Waals surface area (Å²) in [6.07, 6.45) is 2.85. The van der Waals surface area contributed by atoms with Crippen molar-refractivity contribution in [2.45, 2.75) is 6.23 Å².